The van der Waals surface area contributed by atoms with Gasteiger partial charge in [0.25, 0.3) is 0 Å². The smallest absolute Gasteiger partial charge is 0.244 e. The third kappa shape index (κ3) is 3.39. The summed E-state index contributed by atoms with van der Waals surface area (Å²) >= 11 is 3.13. The third-order valence-electron chi connectivity index (χ3n) is 3.58. The first-order valence-corrected chi connectivity index (χ1v) is 8.78. The molecule has 0 aromatic heterocycles. The Kier molecular flexibility index (Phi) is 5.17. The van der Waals surface area contributed by atoms with Gasteiger partial charge >= 0.3 is 0 Å². The van der Waals surface area contributed by atoms with Gasteiger partial charge < -0.3 is 5.32 Å². The SMILES string of the molecule is CNCC1CCN(S(=O)(=O)c2ccc(F)cc2Br)CC1. The molecule has 0 amide bonds. The lowest BCUT2D eigenvalue weighted by Gasteiger charge is -2.31. The number of hydrogen-bond acceptors (Lipinski definition) is 3. The first-order valence-electron chi connectivity index (χ1n) is 6.55. The van der Waals surface area contributed by atoms with Crippen molar-refractivity contribution in [2.45, 2.75) is 17.7 Å². The van der Waals surface area contributed by atoms with Crippen molar-refractivity contribution in [1.29, 1.82) is 0 Å². The van der Waals surface area contributed by atoms with Crippen molar-refractivity contribution >= 4 is 26.0 Å². The van der Waals surface area contributed by atoms with E-state index in [4.69, 9.17) is 0 Å². The zero-order chi connectivity index (χ0) is 14.8. The molecule has 1 aromatic carbocycles. The summed E-state index contributed by atoms with van der Waals surface area (Å²) in [5, 5.41) is 3.12. The van der Waals surface area contributed by atoms with E-state index in [1.54, 1.807) is 0 Å². The van der Waals surface area contributed by atoms with Crippen molar-refractivity contribution in [3.63, 3.8) is 0 Å². The minimum Gasteiger partial charge on any atom is -0.319 e. The van der Waals surface area contributed by atoms with Gasteiger partial charge in [-0.3, -0.25) is 0 Å². The van der Waals surface area contributed by atoms with E-state index in [2.05, 4.69) is 21.2 Å². The molecule has 0 aliphatic carbocycles. The summed E-state index contributed by atoms with van der Waals surface area (Å²) in [4.78, 5) is 0.131. The fourth-order valence-corrected chi connectivity index (χ4v) is 4.95. The molecule has 2 rings (SSSR count). The highest BCUT2D eigenvalue weighted by atomic mass is 79.9. The van der Waals surface area contributed by atoms with Crippen molar-refractivity contribution < 1.29 is 12.8 Å². The quantitative estimate of drug-likeness (QED) is 0.890. The summed E-state index contributed by atoms with van der Waals surface area (Å²) in [6.07, 6.45) is 1.69. The molecular formula is C13H18BrFN2O2S. The highest BCUT2D eigenvalue weighted by Gasteiger charge is 2.30. The molecule has 0 saturated carbocycles. The molecular weight excluding hydrogens is 347 g/mol. The Hall–Kier alpha value is -0.500. The topological polar surface area (TPSA) is 49.4 Å². The van der Waals surface area contributed by atoms with Gasteiger partial charge in [-0.05, 0) is 66.5 Å². The van der Waals surface area contributed by atoms with Crippen LogP contribution in [-0.4, -0.2) is 39.4 Å². The van der Waals surface area contributed by atoms with Crippen molar-refractivity contribution in [3.05, 3.63) is 28.5 Å². The van der Waals surface area contributed by atoms with Crippen LogP contribution in [0.2, 0.25) is 0 Å². The maximum atomic E-state index is 13.1. The lowest BCUT2D eigenvalue weighted by Crippen LogP contribution is -2.40. The van der Waals surface area contributed by atoms with E-state index in [1.807, 2.05) is 7.05 Å². The maximum Gasteiger partial charge on any atom is 0.244 e. The van der Waals surface area contributed by atoms with Crippen LogP contribution in [0, 0.1) is 11.7 Å². The number of nitrogens with zero attached hydrogens (tertiary/aromatic N) is 1. The van der Waals surface area contributed by atoms with Gasteiger partial charge in [0.15, 0.2) is 0 Å². The second-order valence-corrected chi connectivity index (χ2v) is 7.74. The van der Waals surface area contributed by atoms with Crippen molar-refractivity contribution in [2.24, 2.45) is 5.92 Å². The van der Waals surface area contributed by atoms with Crippen LogP contribution in [0.4, 0.5) is 4.39 Å². The molecule has 7 heteroatoms. The van der Waals surface area contributed by atoms with Crippen LogP contribution >= 0.6 is 15.9 Å². The van der Waals surface area contributed by atoms with Crippen LogP contribution in [0.1, 0.15) is 12.8 Å². The summed E-state index contributed by atoms with van der Waals surface area (Å²) in [5.74, 6) is 0.0617. The minimum atomic E-state index is -3.55. The Balaban J connectivity index is 2.15. The van der Waals surface area contributed by atoms with Gasteiger partial charge in [-0.2, -0.15) is 4.31 Å². The number of hydrogen-bond donors (Lipinski definition) is 1. The zero-order valence-electron chi connectivity index (χ0n) is 11.3. The molecule has 1 N–H and O–H groups in total. The Labute approximate surface area is 127 Å². The zero-order valence-corrected chi connectivity index (χ0v) is 13.7. The maximum absolute atomic E-state index is 13.1. The van der Waals surface area contributed by atoms with Crippen molar-refractivity contribution in [2.75, 3.05) is 26.7 Å². The molecule has 1 fully saturated rings. The highest BCUT2D eigenvalue weighted by Crippen LogP contribution is 2.28. The molecule has 0 radical (unpaired) electrons. The Morgan fingerprint density at radius 2 is 2.05 bits per heavy atom. The number of benzene rings is 1. The second-order valence-electron chi connectivity index (χ2n) is 4.98. The van der Waals surface area contributed by atoms with Crippen LogP contribution in [0.3, 0.4) is 0 Å². The fourth-order valence-electron chi connectivity index (χ4n) is 2.47. The van der Waals surface area contributed by atoms with E-state index in [9.17, 15) is 12.8 Å². The van der Waals surface area contributed by atoms with Crippen LogP contribution in [-0.2, 0) is 10.0 Å². The molecule has 0 atom stereocenters. The van der Waals surface area contributed by atoms with E-state index >= 15 is 0 Å². The van der Waals surface area contributed by atoms with E-state index in [0.29, 0.717) is 19.0 Å². The standard InChI is InChI=1S/C13H18BrFN2O2S/c1-16-9-10-4-6-17(7-5-10)20(18,19)13-3-2-11(15)8-12(13)14/h2-3,8,10,16H,4-7,9H2,1H3. The molecule has 1 saturated heterocycles. The number of halogens is 2. The van der Waals surface area contributed by atoms with Gasteiger partial charge in [-0.15, -0.1) is 0 Å². The number of piperidine rings is 1. The van der Waals surface area contributed by atoms with Gasteiger partial charge in [0.2, 0.25) is 10.0 Å². The Morgan fingerprint density at radius 3 is 2.60 bits per heavy atom. The normalized spacial score (nSPS) is 18.4. The molecule has 4 nitrogen and oxygen atoms in total. The summed E-state index contributed by atoms with van der Waals surface area (Å²) in [5.41, 5.74) is 0. The van der Waals surface area contributed by atoms with Crippen LogP contribution in [0.15, 0.2) is 27.6 Å². The third-order valence-corrected chi connectivity index (χ3v) is 6.45. The first kappa shape index (κ1) is 15.9. The molecule has 112 valence electrons. The number of sulfonamides is 1. The monoisotopic (exact) mass is 364 g/mol. The highest BCUT2D eigenvalue weighted by molar-refractivity contribution is 9.10. The van der Waals surface area contributed by atoms with E-state index < -0.39 is 15.8 Å². The van der Waals surface area contributed by atoms with Crippen molar-refractivity contribution in [3.8, 4) is 0 Å². The van der Waals surface area contributed by atoms with E-state index in [1.165, 1.54) is 22.5 Å². The molecule has 0 spiro atoms. The fraction of sp³-hybridized carbons (Fsp3) is 0.538. The number of rotatable bonds is 4. The number of nitrogens with one attached hydrogen (secondary N) is 1. The van der Waals surface area contributed by atoms with Crippen LogP contribution < -0.4 is 5.32 Å². The van der Waals surface area contributed by atoms with E-state index in [-0.39, 0.29) is 9.37 Å². The molecule has 20 heavy (non-hydrogen) atoms. The van der Waals surface area contributed by atoms with E-state index in [0.717, 1.165) is 19.4 Å². The average molecular weight is 365 g/mol. The molecule has 1 heterocycles. The predicted octanol–water partition coefficient (Wildman–Crippen LogP) is 2.21. The molecule has 1 aliphatic rings. The summed E-state index contributed by atoms with van der Waals surface area (Å²) < 4.78 is 39.9. The van der Waals surface area contributed by atoms with Gasteiger partial charge in [-0.25, -0.2) is 12.8 Å². The van der Waals surface area contributed by atoms with Gasteiger partial charge in [0.1, 0.15) is 5.82 Å². The average Bonchev–Trinajstić information content (AvgIpc) is 2.39. The Morgan fingerprint density at radius 1 is 1.40 bits per heavy atom. The molecule has 1 aromatic rings. The first-order chi connectivity index (χ1) is 9.45. The molecule has 1 aliphatic heterocycles. The van der Waals surface area contributed by atoms with Crippen molar-refractivity contribution in [1.82, 2.24) is 9.62 Å². The Bertz CT molecular complexity index is 572. The molecule has 0 bridgehead atoms. The van der Waals surface area contributed by atoms with Gasteiger partial charge in [-0.1, -0.05) is 0 Å². The summed E-state index contributed by atoms with van der Waals surface area (Å²) in [6.45, 7) is 1.94. The van der Waals surface area contributed by atoms with Crippen LogP contribution in [0.25, 0.3) is 0 Å². The van der Waals surface area contributed by atoms with Crippen LogP contribution in [0.5, 0.6) is 0 Å². The summed E-state index contributed by atoms with van der Waals surface area (Å²) in [7, 11) is -1.65. The predicted molar refractivity (Wildman–Crippen MR) is 79.5 cm³/mol. The molecule has 0 unspecified atom stereocenters. The summed E-state index contributed by atoms with van der Waals surface area (Å²) in [6, 6.07) is 3.67. The van der Waals surface area contributed by atoms with Gasteiger partial charge in [0.05, 0.1) is 4.90 Å². The minimum absolute atomic E-state index is 0.131. The second kappa shape index (κ2) is 6.51. The lowest BCUT2D eigenvalue weighted by atomic mass is 9.98. The van der Waals surface area contributed by atoms with Gasteiger partial charge in [0, 0.05) is 17.6 Å². The lowest BCUT2D eigenvalue weighted by molar-refractivity contribution is 0.270. The largest absolute Gasteiger partial charge is 0.319 e.